The van der Waals surface area contributed by atoms with Crippen LogP contribution in [0, 0.1) is 5.41 Å². The average Bonchev–Trinajstić information content (AvgIpc) is 2.89. The monoisotopic (exact) mass is 261 g/mol. The van der Waals surface area contributed by atoms with Crippen LogP contribution in [-0.4, -0.2) is 18.6 Å². The van der Waals surface area contributed by atoms with E-state index in [4.69, 9.17) is 4.74 Å². The highest BCUT2D eigenvalue weighted by molar-refractivity contribution is 5.75. The maximum Gasteiger partial charge on any atom is 0.311 e. The third kappa shape index (κ3) is 3.57. The summed E-state index contributed by atoms with van der Waals surface area (Å²) in [7, 11) is 0. The van der Waals surface area contributed by atoms with Crippen molar-refractivity contribution < 1.29 is 9.53 Å². The molecule has 104 valence electrons. The second-order valence-electron chi connectivity index (χ2n) is 6.19. The minimum atomic E-state index is -0.467. The maximum absolute atomic E-state index is 12.2. The third-order valence-corrected chi connectivity index (χ3v) is 3.44. The first kappa shape index (κ1) is 14.1. The largest absolute Gasteiger partial charge is 0.455 e. The number of rotatable bonds is 3. The minimum Gasteiger partial charge on any atom is -0.455 e. The molecule has 1 N–H and O–H groups in total. The fraction of sp³-hybridized carbons (Fsp3) is 0.562. The van der Waals surface area contributed by atoms with Crippen LogP contribution < -0.4 is 5.32 Å². The molecule has 19 heavy (non-hydrogen) atoms. The van der Waals surface area contributed by atoms with Gasteiger partial charge in [0.15, 0.2) is 0 Å². The summed E-state index contributed by atoms with van der Waals surface area (Å²) in [5, 5.41) is 3.43. The Balaban J connectivity index is 2.18. The predicted molar refractivity (Wildman–Crippen MR) is 75.8 cm³/mol. The summed E-state index contributed by atoms with van der Waals surface area (Å²) in [5.74, 6) is -0.143. The Morgan fingerprint density at radius 1 is 1.32 bits per heavy atom. The van der Waals surface area contributed by atoms with E-state index in [0.29, 0.717) is 0 Å². The summed E-state index contributed by atoms with van der Waals surface area (Å²) in [6.07, 6.45) is 2.01. The van der Waals surface area contributed by atoms with E-state index in [-0.39, 0.29) is 18.1 Å². The number of benzene rings is 1. The van der Waals surface area contributed by atoms with Crippen molar-refractivity contribution in [2.24, 2.45) is 5.41 Å². The van der Waals surface area contributed by atoms with Crippen molar-refractivity contribution in [2.75, 3.05) is 6.54 Å². The molecule has 0 amide bonds. The predicted octanol–water partition coefficient (Wildman–Crippen LogP) is 3.07. The van der Waals surface area contributed by atoms with Crippen LogP contribution in [-0.2, 0) is 9.53 Å². The molecule has 1 saturated heterocycles. The van der Waals surface area contributed by atoms with E-state index in [9.17, 15) is 4.79 Å². The molecule has 0 bridgehead atoms. The van der Waals surface area contributed by atoms with E-state index in [1.807, 2.05) is 51.1 Å². The second-order valence-corrected chi connectivity index (χ2v) is 6.19. The zero-order chi connectivity index (χ0) is 13.9. The number of ether oxygens (including phenoxy) is 1. The van der Waals surface area contributed by atoms with Crippen LogP contribution >= 0.6 is 0 Å². The lowest BCUT2D eigenvalue weighted by Crippen LogP contribution is -2.35. The van der Waals surface area contributed by atoms with Gasteiger partial charge in [-0.25, -0.2) is 0 Å². The van der Waals surface area contributed by atoms with Crippen molar-refractivity contribution >= 4 is 5.97 Å². The molecule has 0 radical (unpaired) electrons. The molecule has 1 heterocycles. The number of hydrogen-bond donors (Lipinski definition) is 1. The van der Waals surface area contributed by atoms with Crippen molar-refractivity contribution in [3.05, 3.63) is 35.9 Å². The molecular formula is C16H23NO2. The first-order valence-electron chi connectivity index (χ1n) is 6.98. The van der Waals surface area contributed by atoms with Gasteiger partial charge in [0.05, 0.1) is 5.41 Å². The molecule has 0 unspecified atom stereocenters. The molecule has 1 aliphatic rings. The van der Waals surface area contributed by atoms with Gasteiger partial charge in [0.25, 0.3) is 0 Å². The van der Waals surface area contributed by atoms with Gasteiger partial charge in [-0.05, 0) is 45.7 Å². The molecule has 2 rings (SSSR count). The Hall–Kier alpha value is -1.35. The quantitative estimate of drug-likeness (QED) is 0.850. The van der Waals surface area contributed by atoms with Crippen molar-refractivity contribution in [3.63, 3.8) is 0 Å². The minimum absolute atomic E-state index is 0.143. The van der Waals surface area contributed by atoms with Crippen LogP contribution in [0.2, 0.25) is 0 Å². The molecule has 1 aliphatic heterocycles. The Bertz CT molecular complexity index is 416. The molecule has 0 spiro atoms. The van der Waals surface area contributed by atoms with E-state index in [2.05, 4.69) is 5.32 Å². The highest BCUT2D eigenvalue weighted by Gasteiger charge is 2.32. The summed E-state index contributed by atoms with van der Waals surface area (Å²) in [6.45, 7) is 6.67. The SMILES string of the molecule is CC(C)(C)C(=O)O[C@H](c1ccccc1)[C@H]1CCCN1. The van der Waals surface area contributed by atoms with Crippen molar-refractivity contribution in [1.29, 1.82) is 0 Å². The lowest BCUT2D eigenvalue weighted by atomic mass is 9.96. The molecule has 2 atom stereocenters. The first-order valence-corrected chi connectivity index (χ1v) is 6.98. The summed E-state index contributed by atoms with van der Waals surface area (Å²) in [4.78, 5) is 12.2. The van der Waals surface area contributed by atoms with Crippen LogP contribution in [0.4, 0.5) is 0 Å². The summed E-state index contributed by atoms with van der Waals surface area (Å²) in [6, 6.07) is 10.2. The van der Waals surface area contributed by atoms with Crippen molar-refractivity contribution in [1.82, 2.24) is 5.32 Å². The molecule has 0 aromatic heterocycles. The summed E-state index contributed by atoms with van der Waals surface area (Å²) < 4.78 is 5.78. The standard InChI is InChI=1S/C16H23NO2/c1-16(2,3)15(18)19-14(13-10-7-11-17-13)12-8-5-4-6-9-12/h4-6,8-9,13-14,17H,7,10-11H2,1-3H3/t13-,14-/m1/s1. The summed E-state index contributed by atoms with van der Waals surface area (Å²) >= 11 is 0. The smallest absolute Gasteiger partial charge is 0.311 e. The lowest BCUT2D eigenvalue weighted by Gasteiger charge is -2.28. The van der Waals surface area contributed by atoms with Gasteiger partial charge in [-0.15, -0.1) is 0 Å². The molecule has 3 heteroatoms. The molecule has 1 fully saturated rings. The fourth-order valence-corrected chi connectivity index (χ4v) is 2.29. The third-order valence-electron chi connectivity index (χ3n) is 3.44. The molecular weight excluding hydrogens is 238 g/mol. The number of carbonyl (C=O) groups excluding carboxylic acids is 1. The van der Waals surface area contributed by atoms with Gasteiger partial charge in [0.2, 0.25) is 0 Å². The van der Waals surface area contributed by atoms with E-state index in [0.717, 1.165) is 24.9 Å². The highest BCUT2D eigenvalue weighted by Crippen LogP contribution is 2.29. The normalized spacial score (nSPS) is 21.1. The van der Waals surface area contributed by atoms with Crippen LogP contribution in [0.5, 0.6) is 0 Å². The number of nitrogens with one attached hydrogen (secondary N) is 1. The van der Waals surface area contributed by atoms with Crippen LogP contribution in [0.15, 0.2) is 30.3 Å². The van der Waals surface area contributed by atoms with E-state index < -0.39 is 5.41 Å². The number of hydrogen-bond acceptors (Lipinski definition) is 3. The molecule has 1 aromatic rings. The van der Waals surface area contributed by atoms with E-state index in [1.165, 1.54) is 0 Å². The van der Waals surface area contributed by atoms with Gasteiger partial charge in [-0.2, -0.15) is 0 Å². The number of esters is 1. The molecule has 0 saturated carbocycles. The Kier molecular flexibility index (Phi) is 4.25. The van der Waals surface area contributed by atoms with Gasteiger partial charge < -0.3 is 10.1 Å². The Morgan fingerprint density at radius 3 is 2.53 bits per heavy atom. The van der Waals surface area contributed by atoms with Crippen LogP contribution in [0.3, 0.4) is 0 Å². The molecule has 3 nitrogen and oxygen atoms in total. The first-order chi connectivity index (χ1) is 8.98. The maximum atomic E-state index is 12.2. The van der Waals surface area contributed by atoms with Crippen LogP contribution in [0.25, 0.3) is 0 Å². The molecule has 1 aromatic carbocycles. The highest BCUT2D eigenvalue weighted by atomic mass is 16.5. The average molecular weight is 261 g/mol. The van der Waals surface area contributed by atoms with Crippen molar-refractivity contribution in [3.8, 4) is 0 Å². The van der Waals surface area contributed by atoms with E-state index in [1.54, 1.807) is 0 Å². The van der Waals surface area contributed by atoms with E-state index >= 15 is 0 Å². The Morgan fingerprint density at radius 2 is 2.00 bits per heavy atom. The van der Waals surface area contributed by atoms with Crippen LogP contribution in [0.1, 0.15) is 45.3 Å². The zero-order valence-corrected chi connectivity index (χ0v) is 12.0. The zero-order valence-electron chi connectivity index (χ0n) is 12.0. The lowest BCUT2D eigenvalue weighted by molar-refractivity contribution is -0.160. The van der Waals surface area contributed by atoms with Gasteiger partial charge in [0, 0.05) is 6.04 Å². The second kappa shape index (κ2) is 5.74. The van der Waals surface area contributed by atoms with Crippen molar-refractivity contribution in [2.45, 2.75) is 45.8 Å². The van der Waals surface area contributed by atoms with Gasteiger partial charge in [-0.1, -0.05) is 30.3 Å². The van der Waals surface area contributed by atoms with Gasteiger partial charge in [0.1, 0.15) is 6.10 Å². The van der Waals surface area contributed by atoms with Gasteiger partial charge >= 0.3 is 5.97 Å². The Labute approximate surface area is 115 Å². The summed E-state index contributed by atoms with van der Waals surface area (Å²) in [5.41, 5.74) is 0.602. The fourth-order valence-electron chi connectivity index (χ4n) is 2.29. The topological polar surface area (TPSA) is 38.3 Å². The number of carbonyl (C=O) groups is 1. The van der Waals surface area contributed by atoms with Gasteiger partial charge in [-0.3, -0.25) is 4.79 Å². The molecule has 0 aliphatic carbocycles.